The van der Waals surface area contributed by atoms with Crippen LogP contribution in [0, 0.1) is 5.92 Å². The monoisotopic (exact) mass is 209 g/mol. The Kier molecular flexibility index (Phi) is 4.56. The molecule has 0 aliphatic rings. The van der Waals surface area contributed by atoms with Crippen LogP contribution in [0.5, 0.6) is 0 Å². The molecule has 0 saturated heterocycles. The lowest BCUT2D eigenvalue weighted by Crippen LogP contribution is -2.06. The standard InChI is InChI=1S/C12H19NO2/c1-10(2)12(14)11-5-7-13(9-11)6-4-8-15-3/h5,7,9-10H,4,6,8H2,1-3H3. The molecule has 0 aromatic carbocycles. The summed E-state index contributed by atoms with van der Waals surface area (Å²) in [6.07, 6.45) is 4.84. The number of hydrogen-bond acceptors (Lipinski definition) is 2. The first kappa shape index (κ1) is 12.0. The van der Waals surface area contributed by atoms with Crippen molar-refractivity contribution in [1.29, 1.82) is 0 Å². The van der Waals surface area contributed by atoms with Crippen LogP contribution in [0.1, 0.15) is 30.6 Å². The minimum Gasteiger partial charge on any atom is -0.385 e. The van der Waals surface area contributed by atoms with E-state index in [0.717, 1.165) is 25.1 Å². The van der Waals surface area contributed by atoms with Crippen LogP contribution in [0.25, 0.3) is 0 Å². The molecule has 3 nitrogen and oxygen atoms in total. The molecule has 0 amide bonds. The highest BCUT2D eigenvalue weighted by molar-refractivity contribution is 5.97. The van der Waals surface area contributed by atoms with Crippen LogP contribution in [-0.4, -0.2) is 24.1 Å². The van der Waals surface area contributed by atoms with E-state index in [4.69, 9.17) is 4.74 Å². The van der Waals surface area contributed by atoms with Crippen molar-refractivity contribution in [2.24, 2.45) is 5.92 Å². The third-order valence-electron chi connectivity index (χ3n) is 2.32. The van der Waals surface area contributed by atoms with Gasteiger partial charge in [-0.2, -0.15) is 0 Å². The lowest BCUT2D eigenvalue weighted by atomic mass is 10.0. The van der Waals surface area contributed by atoms with Crippen molar-refractivity contribution in [2.75, 3.05) is 13.7 Å². The van der Waals surface area contributed by atoms with E-state index in [1.807, 2.05) is 36.9 Å². The maximum Gasteiger partial charge on any atom is 0.166 e. The molecule has 84 valence electrons. The Balaban J connectivity index is 2.52. The highest BCUT2D eigenvalue weighted by Gasteiger charge is 2.11. The van der Waals surface area contributed by atoms with Gasteiger partial charge in [0.1, 0.15) is 0 Å². The summed E-state index contributed by atoms with van der Waals surface area (Å²) < 4.78 is 7.01. The van der Waals surface area contributed by atoms with E-state index >= 15 is 0 Å². The maximum atomic E-state index is 11.6. The quantitative estimate of drug-likeness (QED) is 0.532. The fourth-order valence-corrected chi connectivity index (χ4v) is 1.45. The Labute approximate surface area is 91.0 Å². The van der Waals surface area contributed by atoms with E-state index in [0.29, 0.717) is 0 Å². The van der Waals surface area contributed by atoms with Gasteiger partial charge in [-0.1, -0.05) is 13.8 Å². The largest absolute Gasteiger partial charge is 0.385 e. The number of carbonyl (C=O) groups is 1. The van der Waals surface area contributed by atoms with Crippen molar-refractivity contribution in [2.45, 2.75) is 26.8 Å². The average molecular weight is 209 g/mol. The van der Waals surface area contributed by atoms with Crippen molar-refractivity contribution >= 4 is 5.78 Å². The second kappa shape index (κ2) is 5.71. The summed E-state index contributed by atoms with van der Waals surface area (Å²) in [4.78, 5) is 11.6. The van der Waals surface area contributed by atoms with Gasteiger partial charge in [0.15, 0.2) is 5.78 Å². The Morgan fingerprint density at radius 1 is 1.53 bits per heavy atom. The topological polar surface area (TPSA) is 31.2 Å². The molecule has 0 saturated carbocycles. The minimum absolute atomic E-state index is 0.0693. The molecule has 15 heavy (non-hydrogen) atoms. The predicted molar refractivity (Wildman–Crippen MR) is 60.1 cm³/mol. The summed E-state index contributed by atoms with van der Waals surface area (Å²) in [6.45, 7) is 5.50. The molecule has 1 aromatic rings. The van der Waals surface area contributed by atoms with Crippen LogP contribution in [0.3, 0.4) is 0 Å². The SMILES string of the molecule is COCCCn1ccc(C(=O)C(C)C)c1. The Morgan fingerprint density at radius 3 is 2.87 bits per heavy atom. The fraction of sp³-hybridized carbons (Fsp3) is 0.583. The smallest absolute Gasteiger partial charge is 0.166 e. The Bertz CT molecular complexity index is 315. The fourth-order valence-electron chi connectivity index (χ4n) is 1.45. The van der Waals surface area contributed by atoms with Crippen LogP contribution in [0.15, 0.2) is 18.5 Å². The second-order valence-corrected chi connectivity index (χ2v) is 4.00. The van der Waals surface area contributed by atoms with Crippen LogP contribution in [-0.2, 0) is 11.3 Å². The number of hydrogen-bond donors (Lipinski definition) is 0. The molecule has 0 aliphatic heterocycles. The molecule has 0 aliphatic carbocycles. The number of carbonyl (C=O) groups excluding carboxylic acids is 1. The van der Waals surface area contributed by atoms with E-state index in [2.05, 4.69) is 0 Å². The lowest BCUT2D eigenvalue weighted by Gasteiger charge is -2.02. The van der Waals surface area contributed by atoms with Gasteiger partial charge < -0.3 is 9.30 Å². The third-order valence-corrected chi connectivity index (χ3v) is 2.32. The van der Waals surface area contributed by atoms with Crippen molar-refractivity contribution < 1.29 is 9.53 Å². The van der Waals surface area contributed by atoms with Gasteiger partial charge in [0, 0.05) is 44.1 Å². The van der Waals surface area contributed by atoms with Gasteiger partial charge in [0.25, 0.3) is 0 Å². The minimum atomic E-state index is 0.0693. The molecule has 0 bridgehead atoms. The van der Waals surface area contributed by atoms with E-state index in [1.165, 1.54) is 0 Å². The maximum absolute atomic E-state index is 11.6. The summed E-state index contributed by atoms with van der Waals surface area (Å²) >= 11 is 0. The van der Waals surface area contributed by atoms with Gasteiger partial charge in [0.05, 0.1) is 0 Å². The number of rotatable bonds is 6. The van der Waals surface area contributed by atoms with Gasteiger partial charge in [-0.25, -0.2) is 0 Å². The van der Waals surface area contributed by atoms with Crippen LogP contribution in [0.2, 0.25) is 0 Å². The summed E-state index contributed by atoms with van der Waals surface area (Å²) in [7, 11) is 1.70. The van der Waals surface area contributed by atoms with Crippen molar-refractivity contribution in [3.63, 3.8) is 0 Å². The van der Waals surface area contributed by atoms with Gasteiger partial charge in [0.2, 0.25) is 0 Å². The van der Waals surface area contributed by atoms with E-state index in [9.17, 15) is 4.79 Å². The molecule has 0 atom stereocenters. The number of ketones is 1. The molecule has 1 rings (SSSR count). The van der Waals surface area contributed by atoms with Gasteiger partial charge in [-0.05, 0) is 12.5 Å². The zero-order chi connectivity index (χ0) is 11.3. The summed E-state index contributed by atoms with van der Waals surface area (Å²) in [5.41, 5.74) is 0.808. The van der Waals surface area contributed by atoms with E-state index in [1.54, 1.807) is 7.11 Å². The first-order valence-electron chi connectivity index (χ1n) is 5.34. The Hall–Kier alpha value is -1.09. The summed E-state index contributed by atoms with van der Waals surface area (Å²) in [5.74, 6) is 0.278. The molecular formula is C12H19NO2. The summed E-state index contributed by atoms with van der Waals surface area (Å²) in [6, 6.07) is 1.88. The number of ether oxygens (including phenoxy) is 1. The highest BCUT2D eigenvalue weighted by atomic mass is 16.5. The number of aryl methyl sites for hydroxylation is 1. The number of aromatic nitrogens is 1. The lowest BCUT2D eigenvalue weighted by molar-refractivity contribution is 0.0939. The van der Waals surface area contributed by atoms with Gasteiger partial charge in [-0.15, -0.1) is 0 Å². The zero-order valence-electron chi connectivity index (χ0n) is 9.69. The molecule has 0 unspecified atom stereocenters. The van der Waals surface area contributed by atoms with Crippen LogP contribution in [0.4, 0.5) is 0 Å². The van der Waals surface area contributed by atoms with E-state index in [-0.39, 0.29) is 11.7 Å². The summed E-state index contributed by atoms with van der Waals surface area (Å²) in [5, 5.41) is 0. The number of nitrogens with zero attached hydrogens (tertiary/aromatic N) is 1. The van der Waals surface area contributed by atoms with Crippen LogP contribution < -0.4 is 0 Å². The molecule has 3 heteroatoms. The molecule has 1 heterocycles. The number of methoxy groups -OCH3 is 1. The van der Waals surface area contributed by atoms with Gasteiger partial charge >= 0.3 is 0 Å². The molecule has 0 N–H and O–H groups in total. The Morgan fingerprint density at radius 2 is 2.27 bits per heavy atom. The normalized spacial score (nSPS) is 10.9. The van der Waals surface area contributed by atoms with Crippen molar-refractivity contribution in [1.82, 2.24) is 4.57 Å². The predicted octanol–water partition coefficient (Wildman–Crippen LogP) is 2.36. The second-order valence-electron chi connectivity index (χ2n) is 4.00. The molecule has 0 spiro atoms. The third kappa shape index (κ3) is 3.51. The first-order chi connectivity index (χ1) is 7.15. The van der Waals surface area contributed by atoms with Crippen molar-refractivity contribution in [3.05, 3.63) is 24.0 Å². The highest BCUT2D eigenvalue weighted by Crippen LogP contribution is 2.09. The molecule has 0 fully saturated rings. The molecular weight excluding hydrogens is 190 g/mol. The molecule has 0 radical (unpaired) electrons. The number of Topliss-reactive ketones (excluding diaryl/α,β-unsaturated/α-hetero) is 1. The van der Waals surface area contributed by atoms with Crippen LogP contribution >= 0.6 is 0 Å². The van der Waals surface area contributed by atoms with Gasteiger partial charge in [-0.3, -0.25) is 4.79 Å². The zero-order valence-corrected chi connectivity index (χ0v) is 9.69. The average Bonchev–Trinajstić information content (AvgIpc) is 2.65. The van der Waals surface area contributed by atoms with Crippen molar-refractivity contribution in [3.8, 4) is 0 Å². The molecule has 1 aromatic heterocycles. The first-order valence-corrected chi connectivity index (χ1v) is 5.34. The van der Waals surface area contributed by atoms with E-state index < -0.39 is 0 Å².